The van der Waals surface area contributed by atoms with Gasteiger partial charge in [-0.15, -0.1) is 0 Å². The molecule has 0 unspecified atom stereocenters. The molecule has 1 aromatic carbocycles. The Kier molecular flexibility index (Phi) is 6.87. The van der Waals surface area contributed by atoms with Crippen LogP contribution in [0.4, 0.5) is 0 Å². The van der Waals surface area contributed by atoms with E-state index < -0.39 is 0 Å². The first-order chi connectivity index (χ1) is 13.2. The lowest BCUT2D eigenvalue weighted by Gasteiger charge is -2.33. The fourth-order valence-corrected chi connectivity index (χ4v) is 3.71. The van der Waals surface area contributed by atoms with E-state index in [-0.39, 0.29) is 5.91 Å². The SMILES string of the molecule is COCCn1ccnc1[C@H]1CCCN(C(=O)CCc2cccc(OC)c2)C1. The van der Waals surface area contributed by atoms with Crippen LogP contribution in [0.25, 0.3) is 0 Å². The van der Waals surface area contributed by atoms with E-state index >= 15 is 0 Å². The summed E-state index contributed by atoms with van der Waals surface area (Å²) < 4.78 is 12.6. The molecule has 27 heavy (non-hydrogen) atoms. The molecule has 0 saturated carbocycles. The molecule has 1 atom stereocenters. The highest BCUT2D eigenvalue weighted by Crippen LogP contribution is 2.26. The summed E-state index contributed by atoms with van der Waals surface area (Å²) in [6, 6.07) is 7.93. The van der Waals surface area contributed by atoms with Crippen molar-refractivity contribution in [3.8, 4) is 5.75 Å². The highest BCUT2D eigenvalue weighted by Gasteiger charge is 2.27. The van der Waals surface area contributed by atoms with E-state index in [0.717, 1.165) is 56.0 Å². The molecule has 0 radical (unpaired) electrons. The van der Waals surface area contributed by atoms with Crippen molar-refractivity contribution in [3.05, 3.63) is 48.0 Å². The highest BCUT2D eigenvalue weighted by molar-refractivity contribution is 5.76. The molecule has 1 aromatic heterocycles. The minimum Gasteiger partial charge on any atom is -0.497 e. The third-order valence-electron chi connectivity index (χ3n) is 5.18. The van der Waals surface area contributed by atoms with Crippen LogP contribution in [-0.4, -0.2) is 54.3 Å². The molecule has 1 aliphatic heterocycles. The Morgan fingerprint density at radius 3 is 3.04 bits per heavy atom. The molecule has 6 nitrogen and oxygen atoms in total. The van der Waals surface area contributed by atoms with Crippen molar-refractivity contribution in [2.75, 3.05) is 33.9 Å². The van der Waals surface area contributed by atoms with Gasteiger partial charge in [-0.25, -0.2) is 4.98 Å². The largest absolute Gasteiger partial charge is 0.497 e. The lowest BCUT2D eigenvalue weighted by molar-refractivity contribution is -0.132. The molecule has 0 aliphatic carbocycles. The van der Waals surface area contributed by atoms with E-state index in [9.17, 15) is 4.79 Å². The van der Waals surface area contributed by atoms with E-state index in [0.29, 0.717) is 18.9 Å². The van der Waals surface area contributed by atoms with Gasteiger partial charge in [0.15, 0.2) is 0 Å². The quantitative estimate of drug-likeness (QED) is 0.716. The van der Waals surface area contributed by atoms with Gasteiger partial charge in [0.2, 0.25) is 5.91 Å². The zero-order valence-electron chi connectivity index (χ0n) is 16.3. The van der Waals surface area contributed by atoms with Crippen LogP contribution in [0, 0.1) is 0 Å². The number of aromatic nitrogens is 2. The van der Waals surface area contributed by atoms with Crippen molar-refractivity contribution >= 4 is 5.91 Å². The van der Waals surface area contributed by atoms with Crippen LogP contribution in [0.1, 0.15) is 36.6 Å². The van der Waals surface area contributed by atoms with Crippen LogP contribution in [0.5, 0.6) is 5.75 Å². The number of benzene rings is 1. The number of methoxy groups -OCH3 is 2. The smallest absolute Gasteiger partial charge is 0.222 e. The minimum atomic E-state index is 0.220. The third kappa shape index (κ3) is 5.10. The van der Waals surface area contributed by atoms with Crippen molar-refractivity contribution in [3.63, 3.8) is 0 Å². The number of amides is 1. The van der Waals surface area contributed by atoms with Crippen molar-refractivity contribution in [2.24, 2.45) is 0 Å². The number of rotatable bonds is 8. The summed E-state index contributed by atoms with van der Waals surface area (Å²) in [4.78, 5) is 19.3. The number of carbonyl (C=O) groups is 1. The number of aryl methyl sites for hydroxylation is 1. The summed E-state index contributed by atoms with van der Waals surface area (Å²) in [5, 5.41) is 0. The van der Waals surface area contributed by atoms with Crippen molar-refractivity contribution in [1.82, 2.24) is 14.5 Å². The molecule has 1 amide bonds. The highest BCUT2D eigenvalue weighted by atomic mass is 16.5. The molecule has 146 valence electrons. The van der Waals surface area contributed by atoms with Gasteiger partial charge >= 0.3 is 0 Å². The van der Waals surface area contributed by atoms with Gasteiger partial charge < -0.3 is 18.9 Å². The van der Waals surface area contributed by atoms with Crippen LogP contribution >= 0.6 is 0 Å². The molecule has 6 heteroatoms. The first-order valence-corrected chi connectivity index (χ1v) is 9.62. The molecular formula is C21H29N3O3. The van der Waals surface area contributed by atoms with Crippen molar-refractivity contribution in [2.45, 2.75) is 38.1 Å². The fourth-order valence-electron chi connectivity index (χ4n) is 3.71. The van der Waals surface area contributed by atoms with Gasteiger partial charge in [-0.3, -0.25) is 4.79 Å². The van der Waals surface area contributed by atoms with E-state index in [1.807, 2.05) is 41.6 Å². The van der Waals surface area contributed by atoms with Gasteiger partial charge in [0.1, 0.15) is 11.6 Å². The first kappa shape index (κ1) is 19.4. The van der Waals surface area contributed by atoms with E-state index in [1.165, 1.54) is 0 Å². The third-order valence-corrected chi connectivity index (χ3v) is 5.18. The Hall–Kier alpha value is -2.34. The zero-order valence-corrected chi connectivity index (χ0v) is 16.3. The normalized spacial score (nSPS) is 17.1. The number of nitrogens with zero attached hydrogens (tertiary/aromatic N) is 3. The maximum atomic E-state index is 12.7. The van der Waals surface area contributed by atoms with E-state index in [2.05, 4.69) is 9.55 Å². The predicted molar refractivity (Wildman–Crippen MR) is 104 cm³/mol. The summed E-state index contributed by atoms with van der Waals surface area (Å²) in [7, 11) is 3.37. The lowest BCUT2D eigenvalue weighted by atomic mass is 9.96. The number of piperidine rings is 1. The Morgan fingerprint density at radius 2 is 2.22 bits per heavy atom. The van der Waals surface area contributed by atoms with Gasteiger partial charge in [0.05, 0.1) is 13.7 Å². The summed E-state index contributed by atoms with van der Waals surface area (Å²) in [5.74, 6) is 2.42. The van der Waals surface area contributed by atoms with Crippen LogP contribution < -0.4 is 4.74 Å². The van der Waals surface area contributed by atoms with Gasteiger partial charge in [-0.1, -0.05) is 12.1 Å². The summed E-state index contributed by atoms with van der Waals surface area (Å²) in [5.41, 5.74) is 1.13. The Labute approximate surface area is 161 Å². The van der Waals surface area contributed by atoms with E-state index in [4.69, 9.17) is 9.47 Å². The van der Waals surface area contributed by atoms with Gasteiger partial charge in [0.25, 0.3) is 0 Å². The lowest BCUT2D eigenvalue weighted by Crippen LogP contribution is -2.40. The van der Waals surface area contributed by atoms with Crippen LogP contribution in [0.15, 0.2) is 36.7 Å². The van der Waals surface area contributed by atoms with Crippen molar-refractivity contribution < 1.29 is 14.3 Å². The molecule has 1 fully saturated rings. The minimum absolute atomic E-state index is 0.220. The summed E-state index contributed by atoms with van der Waals surface area (Å²) in [6.45, 7) is 3.05. The molecule has 1 aliphatic rings. The van der Waals surface area contributed by atoms with Crippen LogP contribution in [0.2, 0.25) is 0 Å². The Balaban J connectivity index is 1.57. The van der Waals surface area contributed by atoms with Gasteiger partial charge in [-0.05, 0) is 37.0 Å². The average Bonchev–Trinajstić information content (AvgIpc) is 3.19. The Morgan fingerprint density at radius 1 is 1.33 bits per heavy atom. The maximum Gasteiger partial charge on any atom is 0.222 e. The molecule has 3 rings (SSSR count). The number of likely N-dealkylation sites (tertiary alicyclic amines) is 1. The van der Waals surface area contributed by atoms with Gasteiger partial charge in [0, 0.05) is 51.5 Å². The number of imidazole rings is 1. The van der Waals surface area contributed by atoms with Crippen LogP contribution in [0.3, 0.4) is 0 Å². The van der Waals surface area contributed by atoms with Crippen molar-refractivity contribution in [1.29, 1.82) is 0 Å². The molecular weight excluding hydrogens is 342 g/mol. The number of hydrogen-bond acceptors (Lipinski definition) is 4. The number of hydrogen-bond donors (Lipinski definition) is 0. The molecule has 0 spiro atoms. The predicted octanol–water partition coefficient (Wildman–Crippen LogP) is 2.88. The molecule has 0 bridgehead atoms. The first-order valence-electron chi connectivity index (χ1n) is 9.62. The maximum absolute atomic E-state index is 12.7. The zero-order chi connectivity index (χ0) is 19.1. The second-order valence-corrected chi connectivity index (χ2v) is 7.00. The molecule has 1 saturated heterocycles. The molecule has 2 aromatic rings. The number of carbonyl (C=O) groups excluding carboxylic acids is 1. The second-order valence-electron chi connectivity index (χ2n) is 7.00. The van der Waals surface area contributed by atoms with Crippen LogP contribution in [-0.2, 0) is 22.5 Å². The second kappa shape index (κ2) is 9.55. The number of ether oxygens (including phenoxy) is 2. The molecule has 2 heterocycles. The standard InChI is InChI=1S/C21H29N3O3/c1-26-14-13-23-12-10-22-21(23)18-6-4-11-24(16-18)20(25)9-8-17-5-3-7-19(15-17)27-2/h3,5,7,10,12,15,18H,4,6,8-9,11,13-14,16H2,1-2H3/t18-/m0/s1. The summed E-state index contributed by atoms with van der Waals surface area (Å²) in [6.07, 6.45) is 7.19. The molecule has 0 N–H and O–H groups in total. The van der Waals surface area contributed by atoms with E-state index in [1.54, 1.807) is 14.2 Å². The topological polar surface area (TPSA) is 56.6 Å². The summed E-state index contributed by atoms with van der Waals surface area (Å²) >= 11 is 0. The van der Waals surface area contributed by atoms with Gasteiger partial charge in [-0.2, -0.15) is 0 Å². The fraction of sp³-hybridized carbons (Fsp3) is 0.524. The Bertz CT molecular complexity index is 744. The monoisotopic (exact) mass is 371 g/mol. The average molecular weight is 371 g/mol.